The van der Waals surface area contributed by atoms with Gasteiger partial charge in [-0.25, -0.2) is 8.42 Å². The van der Waals surface area contributed by atoms with Gasteiger partial charge in [-0.1, -0.05) is 43.2 Å². The van der Waals surface area contributed by atoms with Gasteiger partial charge in [0.1, 0.15) is 0 Å². The minimum atomic E-state index is -2.97. The normalized spacial score (nSPS) is 23.4. The molecule has 1 aromatic carbocycles. The molecular weight excluding hydrogens is 270 g/mol. The highest BCUT2D eigenvalue weighted by atomic mass is 32.2. The van der Waals surface area contributed by atoms with E-state index in [1.807, 2.05) is 0 Å². The molecule has 0 radical (unpaired) electrons. The van der Waals surface area contributed by atoms with Crippen molar-refractivity contribution in [2.45, 2.75) is 50.8 Å². The smallest absolute Gasteiger partial charge is 0.155 e. The number of nitrogens with one attached hydrogen (secondary N) is 1. The second-order valence-electron chi connectivity index (χ2n) is 5.74. The number of benzene rings is 1. The number of sulfone groups is 1. The van der Waals surface area contributed by atoms with E-state index in [-0.39, 0.29) is 11.3 Å². The molecule has 1 aromatic rings. The van der Waals surface area contributed by atoms with Crippen LogP contribution >= 0.6 is 0 Å². The van der Waals surface area contributed by atoms with E-state index in [1.165, 1.54) is 5.56 Å². The van der Waals surface area contributed by atoms with Gasteiger partial charge in [0.2, 0.25) is 0 Å². The molecule has 2 unspecified atom stereocenters. The highest BCUT2D eigenvalue weighted by molar-refractivity contribution is 7.92. The molecule has 1 fully saturated rings. The summed E-state index contributed by atoms with van der Waals surface area (Å²) in [5.74, 6) is 0.341. The van der Waals surface area contributed by atoms with Crippen molar-refractivity contribution in [2.24, 2.45) is 0 Å². The Morgan fingerprint density at radius 3 is 2.55 bits per heavy atom. The van der Waals surface area contributed by atoms with Gasteiger partial charge < -0.3 is 5.32 Å². The molecule has 0 spiro atoms. The summed E-state index contributed by atoms with van der Waals surface area (Å²) in [4.78, 5) is 0. The first-order chi connectivity index (χ1) is 9.54. The van der Waals surface area contributed by atoms with Gasteiger partial charge >= 0.3 is 0 Å². The Morgan fingerprint density at radius 1 is 1.25 bits per heavy atom. The van der Waals surface area contributed by atoms with E-state index < -0.39 is 9.84 Å². The third-order valence-corrected chi connectivity index (χ3v) is 6.34. The Morgan fingerprint density at radius 2 is 1.95 bits per heavy atom. The molecule has 112 valence electrons. The molecule has 1 N–H and O–H groups in total. The predicted octanol–water partition coefficient (Wildman–Crippen LogP) is 3.00. The van der Waals surface area contributed by atoms with Gasteiger partial charge in [-0.15, -0.1) is 0 Å². The fourth-order valence-corrected chi connectivity index (χ4v) is 4.99. The van der Waals surface area contributed by atoms with Crippen molar-refractivity contribution in [1.29, 1.82) is 0 Å². The SMILES string of the molecule is CCCNC(c1ccc(C)cc1)C1CCCCS1(=O)=O. The van der Waals surface area contributed by atoms with Crippen LogP contribution in [0.3, 0.4) is 0 Å². The van der Waals surface area contributed by atoms with Crippen LogP contribution in [0.1, 0.15) is 49.8 Å². The monoisotopic (exact) mass is 295 g/mol. The van der Waals surface area contributed by atoms with Gasteiger partial charge in [0.25, 0.3) is 0 Å². The van der Waals surface area contributed by atoms with Crippen LogP contribution in [0.15, 0.2) is 24.3 Å². The zero-order valence-corrected chi connectivity index (χ0v) is 13.2. The molecule has 3 nitrogen and oxygen atoms in total. The van der Waals surface area contributed by atoms with Crippen molar-refractivity contribution >= 4 is 9.84 Å². The number of rotatable bonds is 5. The highest BCUT2D eigenvalue weighted by Crippen LogP contribution is 2.31. The third kappa shape index (κ3) is 3.61. The van der Waals surface area contributed by atoms with Crippen molar-refractivity contribution in [2.75, 3.05) is 12.3 Å². The lowest BCUT2D eigenvalue weighted by Gasteiger charge is -2.31. The van der Waals surface area contributed by atoms with Crippen LogP contribution in [0.5, 0.6) is 0 Å². The first-order valence-electron chi connectivity index (χ1n) is 7.56. The highest BCUT2D eigenvalue weighted by Gasteiger charge is 2.35. The van der Waals surface area contributed by atoms with Gasteiger partial charge in [-0.3, -0.25) is 0 Å². The summed E-state index contributed by atoms with van der Waals surface area (Å²) >= 11 is 0. The minimum absolute atomic E-state index is 0.0687. The second-order valence-corrected chi connectivity index (χ2v) is 8.08. The van der Waals surface area contributed by atoms with Gasteiger partial charge in [-0.2, -0.15) is 0 Å². The first kappa shape index (κ1) is 15.5. The average molecular weight is 295 g/mol. The van der Waals surface area contributed by atoms with Gasteiger partial charge in [0, 0.05) is 6.04 Å². The summed E-state index contributed by atoms with van der Waals surface area (Å²) in [6.07, 6.45) is 3.61. The Hall–Kier alpha value is -0.870. The summed E-state index contributed by atoms with van der Waals surface area (Å²) in [7, 11) is -2.97. The fourth-order valence-electron chi connectivity index (χ4n) is 2.89. The van der Waals surface area contributed by atoms with Gasteiger partial charge in [-0.05, 0) is 38.3 Å². The fraction of sp³-hybridized carbons (Fsp3) is 0.625. The quantitative estimate of drug-likeness (QED) is 0.908. The molecule has 4 heteroatoms. The Labute approximate surface area is 122 Å². The van der Waals surface area contributed by atoms with E-state index in [4.69, 9.17) is 0 Å². The molecule has 1 heterocycles. The van der Waals surface area contributed by atoms with Crippen molar-refractivity contribution in [3.05, 3.63) is 35.4 Å². The zero-order chi connectivity index (χ0) is 14.6. The molecule has 2 rings (SSSR count). The molecule has 20 heavy (non-hydrogen) atoms. The Kier molecular flexibility index (Phi) is 5.22. The standard InChI is InChI=1S/C16H25NO2S/c1-3-11-17-16(14-9-7-13(2)8-10-14)15-6-4-5-12-20(15,18)19/h7-10,15-17H,3-6,11-12H2,1-2H3. The number of hydrogen-bond donors (Lipinski definition) is 1. The van der Waals surface area contributed by atoms with E-state index in [2.05, 4.69) is 43.4 Å². The summed E-state index contributed by atoms with van der Waals surface area (Å²) in [5.41, 5.74) is 2.30. The van der Waals surface area contributed by atoms with Gasteiger partial charge in [0.15, 0.2) is 9.84 Å². The lowest BCUT2D eigenvalue weighted by Crippen LogP contribution is -2.40. The molecule has 0 aliphatic carbocycles. The van der Waals surface area contributed by atoms with E-state index in [0.717, 1.165) is 37.8 Å². The molecule has 1 saturated heterocycles. The topological polar surface area (TPSA) is 46.2 Å². The minimum Gasteiger partial charge on any atom is -0.309 e. The van der Waals surface area contributed by atoms with Crippen molar-refractivity contribution < 1.29 is 8.42 Å². The van der Waals surface area contributed by atoms with Gasteiger partial charge in [0.05, 0.1) is 11.0 Å². The van der Waals surface area contributed by atoms with Crippen LogP contribution in [-0.4, -0.2) is 26.0 Å². The average Bonchev–Trinajstić information content (AvgIpc) is 2.42. The molecule has 2 atom stereocenters. The lowest BCUT2D eigenvalue weighted by atomic mass is 9.98. The second kappa shape index (κ2) is 6.72. The maximum Gasteiger partial charge on any atom is 0.155 e. The molecule has 1 aliphatic rings. The summed E-state index contributed by atoms with van der Waals surface area (Å²) in [5, 5.41) is 3.18. The van der Waals surface area contributed by atoms with Crippen molar-refractivity contribution in [3.63, 3.8) is 0 Å². The van der Waals surface area contributed by atoms with E-state index in [9.17, 15) is 8.42 Å². The molecule has 0 saturated carbocycles. The van der Waals surface area contributed by atoms with Crippen molar-refractivity contribution in [1.82, 2.24) is 5.32 Å². The van der Waals surface area contributed by atoms with Crippen LogP contribution in [0.2, 0.25) is 0 Å². The van der Waals surface area contributed by atoms with E-state index in [1.54, 1.807) is 0 Å². The molecule has 0 amide bonds. The molecule has 0 aromatic heterocycles. The summed E-state index contributed by atoms with van der Waals surface area (Å²) in [6.45, 7) is 5.01. The first-order valence-corrected chi connectivity index (χ1v) is 9.27. The Balaban J connectivity index is 2.29. The molecule has 0 bridgehead atoms. The molecular formula is C16H25NO2S. The van der Waals surface area contributed by atoms with E-state index >= 15 is 0 Å². The van der Waals surface area contributed by atoms with Crippen LogP contribution in [-0.2, 0) is 9.84 Å². The number of aryl methyl sites for hydroxylation is 1. The van der Waals surface area contributed by atoms with Crippen LogP contribution in [0.4, 0.5) is 0 Å². The maximum atomic E-state index is 12.4. The lowest BCUT2D eigenvalue weighted by molar-refractivity contribution is 0.446. The molecule has 1 aliphatic heterocycles. The van der Waals surface area contributed by atoms with Crippen LogP contribution in [0, 0.1) is 6.92 Å². The van der Waals surface area contributed by atoms with Crippen LogP contribution in [0.25, 0.3) is 0 Å². The maximum absolute atomic E-state index is 12.4. The zero-order valence-electron chi connectivity index (χ0n) is 12.4. The summed E-state index contributed by atoms with van der Waals surface area (Å²) in [6, 6.07) is 8.18. The van der Waals surface area contributed by atoms with E-state index in [0.29, 0.717) is 5.75 Å². The van der Waals surface area contributed by atoms with Crippen LogP contribution < -0.4 is 5.32 Å². The predicted molar refractivity (Wildman–Crippen MR) is 83.6 cm³/mol. The Bertz CT molecular complexity index is 522. The third-order valence-electron chi connectivity index (χ3n) is 4.05. The summed E-state index contributed by atoms with van der Waals surface area (Å²) < 4.78 is 24.8. The van der Waals surface area contributed by atoms with Crippen molar-refractivity contribution in [3.8, 4) is 0 Å². The number of hydrogen-bond acceptors (Lipinski definition) is 3. The largest absolute Gasteiger partial charge is 0.309 e.